The minimum atomic E-state index is -0.0669. The number of methoxy groups -OCH3 is 2. The summed E-state index contributed by atoms with van der Waals surface area (Å²) in [6.45, 7) is 2.14. The van der Waals surface area contributed by atoms with E-state index in [1.165, 1.54) is 11.8 Å². The van der Waals surface area contributed by atoms with Crippen molar-refractivity contribution in [1.82, 2.24) is 14.8 Å². The molecule has 23 heavy (non-hydrogen) atoms. The molecule has 0 unspecified atom stereocenters. The molecule has 0 atom stereocenters. The Hall–Kier alpha value is -2.37. The fraction of sp³-hybridized carbons (Fsp3) is 0.471. The van der Waals surface area contributed by atoms with Crippen LogP contribution in [0, 0.1) is 0 Å². The van der Waals surface area contributed by atoms with Crippen LogP contribution in [0.2, 0.25) is 0 Å². The van der Waals surface area contributed by atoms with Gasteiger partial charge in [0.25, 0.3) is 0 Å². The highest BCUT2D eigenvalue weighted by atomic mass is 16.5. The van der Waals surface area contributed by atoms with Crippen molar-refractivity contribution in [2.24, 2.45) is 0 Å². The highest BCUT2D eigenvalue weighted by Crippen LogP contribution is 2.23. The molecule has 0 saturated carbocycles. The number of nitrogens with zero attached hydrogens (tertiary/aromatic N) is 3. The van der Waals surface area contributed by atoms with E-state index in [9.17, 15) is 4.79 Å². The van der Waals surface area contributed by atoms with Gasteiger partial charge in [-0.15, -0.1) is 5.10 Å². The van der Waals surface area contributed by atoms with Crippen LogP contribution >= 0.6 is 0 Å². The Morgan fingerprint density at radius 2 is 1.83 bits per heavy atom. The Morgan fingerprint density at radius 1 is 1.09 bits per heavy atom. The summed E-state index contributed by atoms with van der Waals surface area (Å²) in [4.78, 5) is 16.7. The molecule has 0 amide bonds. The molecule has 0 aliphatic rings. The van der Waals surface area contributed by atoms with Crippen molar-refractivity contribution in [1.29, 1.82) is 0 Å². The number of benzene rings is 1. The van der Waals surface area contributed by atoms with Gasteiger partial charge >= 0.3 is 6.01 Å². The summed E-state index contributed by atoms with van der Waals surface area (Å²) in [7, 11) is 3.10. The van der Waals surface area contributed by atoms with Crippen molar-refractivity contribution in [3.05, 3.63) is 24.3 Å². The smallest absolute Gasteiger partial charge is 0.336 e. The van der Waals surface area contributed by atoms with Crippen LogP contribution in [0.25, 0.3) is 11.4 Å². The highest BCUT2D eigenvalue weighted by molar-refractivity contribution is 5.82. The monoisotopic (exact) mass is 317 g/mol. The van der Waals surface area contributed by atoms with E-state index in [1.54, 1.807) is 7.11 Å². The molecule has 0 fully saturated rings. The Kier molecular flexibility index (Phi) is 6.14. The summed E-state index contributed by atoms with van der Waals surface area (Å²) >= 11 is 0. The molecule has 2 aromatic rings. The van der Waals surface area contributed by atoms with Crippen LogP contribution in [0.15, 0.2) is 24.3 Å². The molecule has 2 rings (SSSR count). The van der Waals surface area contributed by atoms with E-state index in [0.29, 0.717) is 12.2 Å². The van der Waals surface area contributed by atoms with Gasteiger partial charge in [-0.05, 0) is 30.7 Å². The molecule has 6 heteroatoms. The molecule has 0 radical (unpaired) electrons. The average Bonchev–Trinajstić information content (AvgIpc) is 3.03. The molecule has 0 spiro atoms. The van der Waals surface area contributed by atoms with Gasteiger partial charge in [0.1, 0.15) is 5.75 Å². The summed E-state index contributed by atoms with van der Waals surface area (Å²) in [5.74, 6) is 1.17. The molecule has 124 valence electrons. The number of carbonyl (C=O) groups is 1. The van der Waals surface area contributed by atoms with Gasteiger partial charge in [0.2, 0.25) is 5.91 Å². The van der Waals surface area contributed by atoms with Crippen LogP contribution < -0.4 is 9.47 Å². The Balaban J connectivity index is 2.21. The predicted octanol–water partition coefficient (Wildman–Crippen LogP) is 3.57. The second-order valence-corrected chi connectivity index (χ2v) is 5.27. The third-order valence-electron chi connectivity index (χ3n) is 3.60. The van der Waals surface area contributed by atoms with Crippen molar-refractivity contribution in [3.63, 3.8) is 0 Å². The van der Waals surface area contributed by atoms with Crippen LogP contribution in [0.4, 0.5) is 0 Å². The van der Waals surface area contributed by atoms with Crippen molar-refractivity contribution >= 4 is 5.91 Å². The van der Waals surface area contributed by atoms with Gasteiger partial charge in [-0.3, -0.25) is 4.79 Å². The van der Waals surface area contributed by atoms with Crippen LogP contribution in [0.5, 0.6) is 11.8 Å². The number of hydrogen-bond acceptors (Lipinski definition) is 5. The lowest BCUT2D eigenvalue weighted by atomic mass is 10.1. The van der Waals surface area contributed by atoms with Crippen molar-refractivity contribution in [2.45, 2.75) is 39.0 Å². The van der Waals surface area contributed by atoms with Gasteiger partial charge in [0.05, 0.1) is 14.2 Å². The summed E-state index contributed by atoms with van der Waals surface area (Å²) < 4.78 is 11.6. The zero-order valence-electron chi connectivity index (χ0n) is 13.9. The molecular formula is C17H23N3O3. The second-order valence-electron chi connectivity index (χ2n) is 5.27. The maximum Gasteiger partial charge on any atom is 0.336 e. The summed E-state index contributed by atoms with van der Waals surface area (Å²) in [6, 6.07) is 7.54. The van der Waals surface area contributed by atoms with E-state index in [-0.39, 0.29) is 11.9 Å². The zero-order valence-corrected chi connectivity index (χ0v) is 13.9. The quantitative estimate of drug-likeness (QED) is 0.696. The minimum absolute atomic E-state index is 0.0669. The van der Waals surface area contributed by atoms with Crippen molar-refractivity contribution < 1.29 is 14.3 Å². The van der Waals surface area contributed by atoms with Crippen LogP contribution in [-0.2, 0) is 0 Å². The lowest BCUT2D eigenvalue weighted by Crippen LogP contribution is -2.13. The average molecular weight is 317 g/mol. The molecule has 0 N–H and O–H groups in total. The first-order valence-electron chi connectivity index (χ1n) is 7.88. The Morgan fingerprint density at radius 3 is 2.43 bits per heavy atom. The van der Waals surface area contributed by atoms with Crippen LogP contribution in [0.3, 0.4) is 0 Å². The molecule has 1 aromatic heterocycles. The predicted molar refractivity (Wildman–Crippen MR) is 87.9 cm³/mol. The molecule has 1 aromatic carbocycles. The molecule has 1 heterocycles. The van der Waals surface area contributed by atoms with Crippen LogP contribution in [-0.4, -0.2) is 34.9 Å². The van der Waals surface area contributed by atoms with Gasteiger partial charge in [-0.25, -0.2) is 0 Å². The number of carbonyl (C=O) groups excluding carboxylic acids is 1. The number of rotatable bonds is 8. The number of aromatic nitrogens is 3. The van der Waals surface area contributed by atoms with Crippen molar-refractivity contribution in [3.8, 4) is 23.1 Å². The molecule has 0 saturated heterocycles. The van der Waals surface area contributed by atoms with Gasteiger partial charge < -0.3 is 9.47 Å². The van der Waals surface area contributed by atoms with E-state index in [2.05, 4.69) is 17.0 Å². The third kappa shape index (κ3) is 4.31. The zero-order chi connectivity index (χ0) is 16.7. The lowest BCUT2D eigenvalue weighted by Gasteiger charge is -2.05. The van der Waals surface area contributed by atoms with E-state index >= 15 is 0 Å². The lowest BCUT2D eigenvalue weighted by molar-refractivity contribution is 0.0883. The van der Waals surface area contributed by atoms with Gasteiger partial charge in [-0.2, -0.15) is 9.67 Å². The SMILES string of the molecule is CCCCCCC(=O)n1nc(OC)nc1-c1ccc(OC)cc1. The van der Waals surface area contributed by atoms with E-state index in [1.807, 2.05) is 24.3 Å². The third-order valence-corrected chi connectivity index (χ3v) is 3.60. The fourth-order valence-corrected chi connectivity index (χ4v) is 2.29. The van der Waals surface area contributed by atoms with E-state index < -0.39 is 0 Å². The van der Waals surface area contributed by atoms with Gasteiger partial charge in [-0.1, -0.05) is 26.2 Å². The summed E-state index contributed by atoms with van der Waals surface area (Å²) in [5, 5.41) is 4.15. The standard InChI is InChI=1S/C17H23N3O3/c1-4-5-6-7-8-15(21)20-16(18-17(19-20)23-3)13-9-11-14(22-2)12-10-13/h9-12H,4-8H2,1-3H3. The largest absolute Gasteiger partial charge is 0.497 e. The van der Waals surface area contributed by atoms with E-state index in [4.69, 9.17) is 9.47 Å². The summed E-state index contributed by atoms with van der Waals surface area (Å²) in [5.41, 5.74) is 0.795. The maximum atomic E-state index is 12.4. The van der Waals surface area contributed by atoms with Crippen molar-refractivity contribution in [2.75, 3.05) is 14.2 Å². The first kappa shape index (κ1) is 17.0. The Labute approximate surface area is 136 Å². The topological polar surface area (TPSA) is 66.2 Å². The molecule has 6 nitrogen and oxygen atoms in total. The van der Waals surface area contributed by atoms with E-state index in [0.717, 1.165) is 37.0 Å². The van der Waals surface area contributed by atoms with Crippen LogP contribution in [0.1, 0.15) is 43.8 Å². The molecule has 0 aliphatic carbocycles. The number of hydrogen-bond donors (Lipinski definition) is 0. The second kappa shape index (κ2) is 8.31. The van der Waals surface area contributed by atoms with Gasteiger partial charge in [0, 0.05) is 12.0 Å². The highest BCUT2D eigenvalue weighted by Gasteiger charge is 2.18. The normalized spacial score (nSPS) is 10.6. The maximum absolute atomic E-state index is 12.4. The number of unbranched alkanes of at least 4 members (excludes halogenated alkanes) is 3. The van der Waals surface area contributed by atoms with Gasteiger partial charge in [0.15, 0.2) is 5.82 Å². The fourth-order valence-electron chi connectivity index (χ4n) is 2.29. The minimum Gasteiger partial charge on any atom is -0.497 e. The molecule has 0 aliphatic heterocycles. The summed E-state index contributed by atoms with van der Waals surface area (Å²) in [6.07, 6.45) is 4.64. The first-order chi connectivity index (χ1) is 11.2. The Bertz CT molecular complexity index is 635. The molecule has 0 bridgehead atoms. The first-order valence-corrected chi connectivity index (χ1v) is 7.88. The number of ether oxygens (including phenoxy) is 2. The molecular weight excluding hydrogens is 294 g/mol.